The molecule has 0 saturated heterocycles. The Kier molecular flexibility index (Phi) is 4.55. The summed E-state index contributed by atoms with van der Waals surface area (Å²) in [5, 5.41) is 7.48. The van der Waals surface area contributed by atoms with Crippen molar-refractivity contribution in [2.45, 2.75) is 33.0 Å². The van der Waals surface area contributed by atoms with Crippen molar-refractivity contribution >= 4 is 5.69 Å². The zero-order valence-corrected chi connectivity index (χ0v) is 11.4. The molecule has 1 aromatic heterocycles. The number of benzene rings is 1. The maximum absolute atomic E-state index is 12.1. The second kappa shape index (κ2) is 6.36. The molecule has 0 aliphatic rings. The number of halogens is 2. The standard InChI is InChI=1S/C14H17F2N3O/c1-3-19-9-12(8-17-19)18-10(2)11-4-6-13(7-5-11)20-14(15)16/h4-10,14,18H,3H2,1-2H3. The maximum Gasteiger partial charge on any atom is 0.387 e. The van der Waals surface area contributed by atoms with Gasteiger partial charge >= 0.3 is 6.61 Å². The van der Waals surface area contributed by atoms with E-state index in [0.717, 1.165) is 17.8 Å². The van der Waals surface area contributed by atoms with Crippen LogP contribution in [0, 0.1) is 0 Å². The molecule has 20 heavy (non-hydrogen) atoms. The van der Waals surface area contributed by atoms with Gasteiger partial charge in [-0.05, 0) is 31.5 Å². The summed E-state index contributed by atoms with van der Waals surface area (Å²) in [6.45, 7) is 2.03. The summed E-state index contributed by atoms with van der Waals surface area (Å²) in [6, 6.07) is 6.65. The summed E-state index contributed by atoms with van der Waals surface area (Å²) in [5.41, 5.74) is 1.91. The van der Waals surface area contributed by atoms with E-state index in [4.69, 9.17) is 0 Å². The van der Waals surface area contributed by atoms with E-state index in [-0.39, 0.29) is 11.8 Å². The van der Waals surface area contributed by atoms with Crippen LogP contribution in [0.1, 0.15) is 25.5 Å². The van der Waals surface area contributed by atoms with E-state index >= 15 is 0 Å². The van der Waals surface area contributed by atoms with Crippen LogP contribution in [0.2, 0.25) is 0 Å². The van der Waals surface area contributed by atoms with Gasteiger partial charge in [0.25, 0.3) is 0 Å². The predicted octanol–water partition coefficient (Wildman–Crippen LogP) is 3.68. The highest BCUT2D eigenvalue weighted by molar-refractivity contribution is 5.42. The van der Waals surface area contributed by atoms with Crippen LogP contribution in [0.25, 0.3) is 0 Å². The van der Waals surface area contributed by atoms with Gasteiger partial charge in [-0.15, -0.1) is 0 Å². The van der Waals surface area contributed by atoms with Gasteiger partial charge in [0.2, 0.25) is 0 Å². The van der Waals surface area contributed by atoms with Crippen molar-refractivity contribution in [3.8, 4) is 5.75 Å². The fraction of sp³-hybridized carbons (Fsp3) is 0.357. The second-order valence-corrected chi connectivity index (χ2v) is 4.40. The van der Waals surface area contributed by atoms with E-state index in [1.807, 2.05) is 24.7 Å². The summed E-state index contributed by atoms with van der Waals surface area (Å²) in [6.07, 6.45) is 3.68. The molecular weight excluding hydrogens is 264 g/mol. The Bertz CT molecular complexity index is 540. The van der Waals surface area contributed by atoms with Crippen molar-refractivity contribution < 1.29 is 13.5 Å². The molecule has 0 aliphatic carbocycles. The minimum Gasteiger partial charge on any atom is -0.435 e. The van der Waals surface area contributed by atoms with Gasteiger partial charge in [0.05, 0.1) is 11.9 Å². The minimum atomic E-state index is -2.80. The molecule has 108 valence electrons. The van der Waals surface area contributed by atoms with E-state index in [1.54, 1.807) is 18.3 Å². The lowest BCUT2D eigenvalue weighted by molar-refractivity contribution is -0.0498. The molecule has 0 amide bonds. The van der Waals surface area contributed by atoms with Gasteiger partial charge in [-0.1, -0.05) is 12.1 Å². The molecule has 0 spiro atoms. The van der Waals surface area contributed by atoms with E-state index in [2.05, 4.69) is 15.2 Å². The number of nitrogens with zero attached hydrogens (tertiary/aromatic N) is 2. The highest BCUT2D eigenvalue weighted by atomic mass is 19.3. The second-order valence-electron chi connectivity index (χ2n) is 4.40. The molecule has 6 heteroatoms. The lowest BCUT2D eigenvalue weighted by Gasteiger charge is -2.14. The Labute approximate surface area is 116 Å². The van der Waals surface area contributed by atoms with Crippen LogP contribution in [0.4, 0.5) is 14.5 Å². The van der Waals surface area contributed by atoms with Gasteiger partial charge in [0.1, 0.15) is 5.75 Å². The van der Waals surface area contributed by atoms with Crippen LogP contribution in [0.3, 0.4) is 0 Å². The van der Waals surface area contributed by atoms with E-state index in [0.29, 0.717) is 0 Å². The molecule has 1 aromatic carbocycles. The largest absolute Gasteiger partial charge is 0.435 e. The number of aromatic nitrogens is 2. The lowest BCUT2D eigenvalue weighted by atomic mass is 10.1. The first-order valence-corrected chi connectivity index (χ1v) is 6.42. The van der Waals surface area contributed by atoms with E-state index < -0.39 is 6.61 Å². The Morgan fingerprint density at radius 3 is 2.55 bits per heavy atom. The minimum absolute atomic E-state index is 0.0464. The smallest absolute Gasteiger partial charge is 0.387 e. The van der Waals surface area contributed by atoms with Gasteiger partial charge in [0, 0.05) is 18.8 Å². The molecule has 4 nitrogen and oxygen atoms in total. The molecule has 2 rings (SSSR count). The summed E-state index contributed by atoms with van der Waals surface area (Å²) >= 11 is 0. The summed E-state index contributed by atoms with van der Waals surface area (Å²) in [4.78, 5) is 0. The normalized spacial score (nSPS) is 12.4. The van der Waals surface area contributed by atoms with Crippen LogP contribution in [0.15, 0.2) is 36.7 Å². The van der Waals surface area contributed by atoms with Crippen LogP contribution in [-0.2, 0) is 6.54 Å². The Morgan fingerprint density at radius 1 is 1.30 bits per heavy atom. The fourth-order valence-corrected chi connectivity index (χ4v) is 1.88. The van der Waals surface area contributed by atoms with Crippen LogP contribution in [0.5, 0.6) is 5.75 Å². The zero-order chi connectivity index (χ0) is 14.5. The number of alkyl halides is 2. The number of nitrogens with one attached hydrogen (secondary N) is 1. The van der Waals surface area contributed by atoms with Gasteiger partial charge in [-0.2, -0.15) is 13.9 Å². The average molecular weight is 281 g/mol. The molecule has 1 N–H and O–H groups in total. The van der Waals surface area contributed by atoms with Gasteiger partial charge < -0.3 is 10.1 Å². The quantitative estimate of drug-likeness (QED) is 0.878. The molecule has 0 bridgehead atoms. The SMILES string of the molecule is CCn1cc(NC(C)c2ccc(OC(F)F)cc2)cn1. The van der Waals surface area contributed by atoms with Crippen LogP contribution in [-0.4, -0.2) is 16.4 Å². The molecule has 1 unspecified atom stereocenters. The first-order chi connectivity index (χ1) is 9.58. The average Bonchev–Trinajstić information content (AvgIpc) is 2.86. The van der Waals surface area contributed by atoms with Crippen molar-refractivity contribution in [1.29, 1.82) is 0 Å². The number of hydrogen-bond donors (Lipinski definition) is 1. The first-order valence-electron chi connectivity index (χ1n) is 6.42. The topological polar surface area (TPSA) is 39.1 Å². The van der Waals surface area contributed by atoms with Gasteiger partial charge in [0.15, 0.2) is 0 Å². The van der Waals surface area contributed by atoms with Crippen molar-refractivity contribution in [2.75, 3.05) is 5.32 Å². The number of rotatable bonds is 6. The molecule has 0 radical (unpaired) electrons. The summed E-state index contributed by atoms with van der Waals surface area (Å²) < 4.78 is 30.3. The van der Waals surface area contributed by atoms with Crippen molar-refractivity contribution in [2.24, 2.45) is 0 Å². The summed E-state index contributed by atoms with van der Waals surface area (Å²) in [5.74, 6) is 0.162. The van der Waals surface area contributed by atoms with Crippen molar-refractivity contribution in [3.63, 3.8) is 0 Å². The molecular formula is C14H17F2N3O. The molecule has 1 atom stereocenters. The first kappa shape index (κ1) is 14.3. The zero-order valence-electron chi connectivity index (χ0n) is 11.4. The number of aryl methyl sites for hydroxylation is 1. The third-order valence-corrected chi connectivity index (χ3v) is 2.95. The van der Waals surface area contributed by atoms with Gasteiger partial charge in [-0.3, -0.25) is 4.68 Å². The molecule has 0 fully saturated rings. The number of ether oxygens (including phenoxy) is 1. The van der Waals surface area contributed by atoms with E-state index in [9.17, 15) is 8.78 Å². The fourth-order valence-electron chi connectivity index (χ4n) is 1.88. The molecule has 2 aromatic rings. The number of hydrogen-bond acceptors (Lipinski definition) is 3. The summed E-state index contributed by atoms with van der Waals surface area (Å²) in [7, 11) is 0. The molecule has 0 aliphatic heterocycles. The monoisotopic (exact) mass is 281 g/mol. The molecule has 0 saturated carbocycles. The van der Waals surface area contributed by atoms with Crippen LogP contribution < -0.4 is 10.1 Å². The van der Waals surface area contributed by atoms with Crippen LogP contribution >= 0.6 is 0 Å². The number of anilines is 1. The highest BCUT2D eigenvalue weighted by Gasteiger charge is 2.08. The predicted molar refractivity (Wildman–Crippen MR) is 73.0 cm³/mol. The third-order valence-electron chi connectivity index (χ3n) is 2.95. The Morgan fingerprint density at radius 2 is 2.00 bits per heavy atom. The molecule has 1 heterocycles. The van der Waals surface area contributed by atoms with E-state index in [1.165, 1.54) is 12.1 Å². The van der Waals surface area contributed by atoms with Crippen molar-refractivity contribution in [3.05, 3.63) is 42.2 Å². The Balaban J connectivity index is 1.99. The lowest BCUT2D eigenvalue weighted by Crippen LogP contribution is -2.06. The highest BCUT2D eigenvalue weighted by Crippen LogP contribution is 2.22. The third kappa shape index (κ3) is 3.69. The maximum atomic E-state index is 12.1. The van der Waals surface area contributed by atoms with Crippen molar-refractivity contribution in [1.82, 2.24) is 9.78 Å². The Hall–Kier alpha value is -2.11. The van der Waals surface area contributed by atoms with Gasteiger partial charge in [-0.25, -0.2) is 0 Å².